The number of nitrogens with one attached hydrogen (secondary N) is 2. The van der Waals surface area contributed by atoms with Gasteiger partial charge in [-0.15, -0.1) is 0 Å². The van der Waals surface area contributed by atoms with E-state index < -0.39 is 11.5 Å². The molecule has 0 aromatic heterocycles. The van der Waals surface area contributed by atoms with E-state index in [9.17, 15) is 14.4 Å². The van der Waals surface area contributed by atoms with E-state index in [1.165, 1.54) is 11.3 Å². The van der Waals surface area contributed by atoms with Crippen LogP contribution in [0.2, 0.25) is 0 Å². The van der Waals surface area contributed by atoms with Crippen LogP contribution in [0.1, 0.15) is 45.1 Å². The SMILES string of the molecule is CC(C)C(=O)N1CC[C@@]2(C[C@@H](C(=O)NCCCN3CCCc4ccccc43)NC2=O)C1. The molecule has 2 saturated heterocycles. The molecule has 1 spiro atoms. The Bertz CT molecular complexity index is 855. The van der Waals surface area contributed by atoms with E-state index >= 15 is 0 Å². The summed E-state index contributed by atoms with van der Waals surface area (Å²) < 4.78 is 0. The normalized spacial score (nSPS) is 25.1. The van der Waals surface area contributed by atoms with Crippen molar-refractivity contribution in [3.63, 3.8) is 0 Å². The number of carbonyl (C=O) groups is 3. The Morgan fingerprint density at radius 3 is 2.87 bits per heavy atom. The Labute approximate surface area is 184 Å². The number of benzene rings is 1. The molecule has 7 heteroatoms. The average Bonchev–Trinajstić information content (AvgIpc) is 3.34. The second kappa shape index (κ2) is 8.89. The number of rotatable bonds is 6. The first-order valence-corrected chi connectivity index (χ1v) is 11.6. The van der Waals surface area contributed by atoms with Crippen LogP contribution in [0.5, 0.6) is 0 Å². The maximum Gasteiger partial charge on any atom is 0.242 e. The molecule has 31 heavy (non-hydrogen) atoms. The van der Waals surface area contributed by atoms with Crippen molar-refractivity contribution in [2.24, 2.45) is 11.3 Å². The molecular weight excluding hydrogens is 392 g/mol. The van der Waals surface area contributed by atoms with Gasteiger partial charge in [-0.3, -0.25) is 14.4 Å². The van der Waals surface area contributed by atoms with Gasteiger partial charge in [0.15, 0.2) is 0 Å². The van der Waals surface area contributed by atoms with Gasteiger partial charge in [-0.2, -0.15) is 0 Å². The quantitative estimate of drug-likeness (QED) is 0.679. The number of nitrogens with zero attached hydrogens (tertiary/aromatic N) is 2. The highest BCUT2D eigenvalue weighted by molar-refractivity contribution is 5.95. The van der Waals surface area contributed by atoms with Gasteiger partial charge >= 0.3 is 0 Å². The van der Waals surface area contributed by atoms with Crippen LogP contribution in [0.3, 0.4) is 0 Å². The molecule has 0 unspecified atom stereocenters. The third kappa shape index (κ3) is 4.41. The fraction of sp³-hybridized carbons (Fsp3) is 0.625. The van der Waals surface area contributed by atoms with Crippen LogP contribution in [0.25, 0.3) is 0 Å². The van der Waals surface area contributed by atoms with Crippen molar-refractivity contribution < 1.29 is 14.4 Å². The number of likely N-dealkylation sites (tertiary alicyclic amines) is 1. The van der Waals surface area contributed by atoms with Gasteiger partial charge in [-0.25, -0.2) is 0 Å². The minimum absolute atomic E-state index is 0.0782. The average molecular weight is 427 g/mol. The zero-order valence-electron chi connectivity index (χ0n) is 18.7. The summed E-state index contributed by atoms with van der Waals surface area (Å²) in [7, 11) is 0. The van der Waals surface area contributed by atoms with Gasteiger partial charge in [0.05, 0.1) is 5.41 Å². The summed E-state index contributed by atoms with van der Waals surface area (Å²) in [5, 5.41) is 5.89. The lowest BCUT2D eigenvalue weighted by atomic mass is 9.84. The van der Waals surface area contributed by atoms with Gasteiger partial charge in [0.2, 0.25) is 17.7 Å². The molecule has 0 saturated carbocycles. The fourth-order valence-corrected chi connectivity index (χ4v) is 5.23. The number of amides is 3. The Balaban J connectivity index is 1.24. The summed E-state index contributed by atoms with van der Waals surface area (Å²) in [6, 6.07) is 8.04. The molecule has 1 aromatic rings. The number of hydrogen-bond donors (Lipinski definition) is 2. The fourth-order valence-electron chi connectivity index (χ4n) is 5.23. The van der Waals surface area contributed by atoms with Gasteiger partial charge < -0.3 is 20.4 Å². The molecule has 4 rings (SSSR count). The molecule has 2 atom stereocenters. The van der Waals surface area contributed by atoms with Gasteiger partial charge in [-0.1, -0.05) is 32.0 Å². The largest absolute Gasteiger partial charge is 0.371 e. The van der Waals surface area contributed by atoms with Crippen LogP contribution in [-0.4, -0.2) is 61.4 Å². The van der Waals surface area contributed by atoms with Crippen molar-refractivity contribution in [3.8, 4) is 0 Å². The Morgan fingerprint density at radius 1 is 1.26 bits per heavy atom. The van der Waals surface area contributed by atoms with Gasteiger partial charge in [0, 0.05) is 44.3 Å². The molecule has 3 aliphatic rings. The Morgan fingerprint density at radius 2 is 2.06 bits per heavy atom. The third-order valence-corrected chi connectivity index (χ3v) is 6.97. The monoisotopic (exact) mass is 426 g/mol. The Hall–Kier alpha value is -2.57. The van der Waals surface area contributed by atoms with Crippen LogP contribution in [0, 0.1) is 11.3 Å². The standard InChI is InChI=1S/C24H34N4O3/c1-17(2)22(30)28-14-10-24(16-28)15-19(26-23(24)31)21(29)25-11-6-13-27-12-5-8-18-7-3-4-9-20(18)27/h3-4,7,9,17,19H,5-6,8,10-16H2,1-2H3,(H,25,29)(H,26,31)/t19-,24+/m0/s1. The minimum atomic E-state index is -0.607. The van der Waals surface area contributed by atoms with Crippen LogP contribution in [0.15, 0.2) is 24.3 Å². The maximum absolute atomic E-state index is 12.7. The van der Waals surface area contributed by atoms with E-state index in [-0.39, 0.29) is 23.6 Å². The lowest BCUT2D eigenvalue weighted by Crippen LogP contribution is -2.42. The number of carbonyl (C=O) groups excluding carboxylic acids is 3. The summed E-state index contributed by atoms with van der Waals surface area (Å²) in [5.74, 6) is -0.197. The van der Waals surface area contributed by atoms with E-state index in [0.717, 1.165) is 32.4 Å². The highest BCUT2D eigenvalue weighted by Gasteiger charge is 2.53. The molecule has 3 aliphatic heterocycles. The molecule has 2 fully saturated rings. The van der Waals surface area contributed by atoms with E-state index in [1.54, 1.807) is 4.90 Å². The molecular formula is C24H34N4O3. The molecule has 0 bridgehead atoms. The van der Waals surface area contributed by atoms with Crippen LogP contribution in [0.4, 0.5) is 5.69 Å². The lowest BCUT2D eigenvalue weighted by Gasteiger charge is -2.31. The molecule has 168 valence electrons. The maximum atomic E-state index is 12.7. The number of para-hydroxylation sites is 1. The molecule has 7 nitrogen and oxygen atoms in total. The predicted molar refractivity (Wildman–Crippen MR) is 120 cm³/mol. The smallest absolute Gasteiger partial charge is 0.242 e. The Kier molecular flexibility index (Phi) is 6.21. The number of anilines is 1. The first-order chi connectivity index (χ1) is 14.9. The van der Waals surface area contributed by atoms with Crippen molar-refractivity contribution >= 4 is 23.4 Å². The number of fused-ring (bicyclic) bond motifs is 1. The second-order valence-corrected chi connectivity index (χ2v) is 9.54. The summed E-state index contributed by atoms with van der Waals surface area (Å²) in [4.78, 5) is 41.8. The molecule has 1 aromatic carbocycles. The number of aryl methyl sites for hydroxylation is 1. The van der Waals surface area contributed by atoms with E-state index in [2.05, 4.69) is 39.8 Å². The van der Waals surface area contributed by atoms with E-state index in [4.69, 9.17) is 0 Å². The summed E-state index contributed by atoms with van der Waals surface area (Å²) in [6.45, 7) is 7.32. The molecule has 0 aliphatic carbocycles. The van der Waals surface area contributed by atoms with Crippen LogP contribution in [-0.2, 0) is 20.8 Å². The molecule has 3 heterocycles. The highest BCUT2D eigenvalue weighted by Crippen LogP contribution is 2.40. The zero-order chi connectivity index (χ0) is 22.0. The van der Waals surface area contributed by atoms with Crippen molar-refractivity contribution in [1.82, 2.24) is 15.5 Å². The minimum Gasteiger partial charge on any atom is -0.371 e. The van der Waals surface area contributed by atoms with E-state index in [0.29, 0.717) is 32.5 Å². The van der Waals surface area contributed by atoms with Gasteiger partial charge in [0.1, 0.15) is 6.04 Å². The lowest BCUT2D eigenvalue weighted by molar-refractivity contribution is -0.134. The van der Waals surface area contributed by atoms with Crippen molar-refractivity contribution in [3.05, 3.63) is 29.8 Å². The first kappa shape index (κ1) is 21.7. The zero-order valence-corrected chi connectivity index (χ0v) is 18.7. The van der Waals surface area contributed by atoms with Crippen molar-refractivity contribution in [1.29, 1.82) is 0 Å². The van der Waals surface area contributed by atoms with Crippen LogP contribution >= 0.6 is 0 Å². The topological polar surface area (TPSA) is 81.8 Å². The van der Waals surface area contributed by atoms with Crippen LogP contribution < -0.4 is 15.5 Å². The number of hydrogen-bond acceptors (Lipinski definition) is 4. The first-order valence-electron chi connectivity index (χ1n) is 11.6. The second-order valence-electron chi connectivity index (χ2n) is 9.54. The summed E-state index contributed by atoms with van der Waals surface area (Å²) in [5.41, 5.74) is 2.11. The predicted octanol–water partition coefficient (Wildman–Crippen LogP) is 1.71. The molecule has 2 N–H and O–H groups in total. The van der Waals surface area contributed by atoms with Gasteiger partial charge in [0.25, 0.3) is 0 Å². The third-order valence-electron chi connectivity index (χ3n) is 6.97. The highest BCUT2D eigenvalue weighted by atomic mass is 16.2. The summed E-state index contributed by atoms with van der Waals surface area (Å²) in [6.07, 6.45) is 4.26. The van der Waals surface area contributed by atoms with Crippen molar-refractivity contribution in [2.45, 2.75) is 52.0 Å². The molecule has 3 amide bonds. The molecule has 0 radical (unpaired) electrons. The van der Waals surface area contributed by atoms with E-state index in [1.807, 2.05) is 13.8 Å². The van der Waals surface area contributed by atoms with Crippen molar-refractivity contribution in [2.75, 3.05) is 37.6 Å². The van der Waals surface area contributed by atoms with Gasteiger partial charge in [-0.05, 0) is 43.7 Å². The summed E-state index contributed by atoms with van der Waals surface area (Å²) >= 11 is 0.